The van der Waals surface area contributed by atoms with Crippen LogP contribution in [0.1, 0.15) is 38.5 Å². The van der Waals surface area contributed by atoms with Gasteiger partial charge in [-0.15, -0.1) is 17.9 Å². The average molecular weight is 648 g/mol. The van der Waals surface area contributed by atoms with Gasteiger partial charge in [0.25, 0.3) is 21.7 Å². The van der Waals surface area contributed by atoms with Crippen molar-refractivity contribution in [2.24, 2.45) is 5.92 Å². The third-order valence-electron chi connectivity index (χ3n) is 7.16. The van der Waals surface area contributed by atoms with E-state index in [-0.39, 0.29) is 42.9 Å². The summed E-state index contributed by atoms with van der Waals surface area (Å²) in [5.41, 5.74) is 9.28. The lowest BCUT2D eigenvalue weighted by Gasteiger charge is -2.43. The van der Waals surface area contributed by atoms with E-state index in [2.05, 4.69) is 26.6 Å². The van der Waals surface area contributed by atoms with Gasteiger partial charge in [0.15, 0.2) is 0 Å². The Morgan fingerprint density at radius 2 is 2.05 bits per heavy atom. The second-order valence-corrected chi connectivity index (χ2v) is 13.1. The highest BCUT2D eigenvalue weighted by atomic mass is 32.2. The second kappa shape index (κ2) is 13.9. The van der Waals surface area contributed by atoms with Crippen LogP contribution in [-0.2, 0) is 34.0 Å². The van der Waals surface area contributed by atoms with E-state index in [0.717, 1.165) is 21.4 Å². The molecule has 2 saturated heterocycles. The van der Waals surface area contributed by atoms with Crippen LogP contribution in [0.2, 0.25) is 0 Å². The molecule has 0 aromatic carbocycles. The fraction of sp³-hybridized carbons (Fsp3) is 0.423. The maximum atomic E-state index is 13.8. The number of aromatic nitrogens is 1. The van der Waals surface area contributed by atoms with Crippen molar-refractivity contribution in [1.29, 1.82) is 0 Å². The average Bonchev–Trinajstić information content (AvgIpc) is 3.69. The van der Waals surface area contributed by atoms with E-state index in [0.29, 0.717) is 23.2 Å². The number of rotatable bonds is 13. The first-order valence-corrected chi connectivity index (χ1v) is 15.8. The standard InChI is InChI=1S/C26H29N7O9S2/c1-2-4-15(26(38)39)13-18(20(34)14-28-27)29-24(36)19-5-3-11-32-22(35)8-6-17(25(37)33(19)32)31-44(40,41)23-9-7-21(43-23)16-10-12-42-30-16/h2,7,9-10,12,14-15,17-19,31H,1,3-6,8,11,13H2,(H,29,36)(H,38,39)/t15?,17-,18-,19-/m0/s1. The summed E-state index contributed by atoms with van der Waals surface area (Å²) in [5.74, 6) is -5.47. The summed E-state index contributed by atoms with van der Waals surface area (Å²) < 4.78 is 33.6. The van der Waals surface area contributed by atoms with Crippen molar-refractivity contribution in [2.75, 3.05) is 6.54 Å². The van der Waals surface area contributed by atoms with Crippen LogP contribution in [0.5, 0.6) is 0 Å². The van der Waals surface area contributed by atoms with Gasteiger partial charge in [-0.3, -0.25) is 29.0 Å². The number of hydrogen-bond acceptors (Lipinski definition) is 10. The third kappa shape index (κ3) is 7.16. The minimum Gasteiger partial charge on any atom is -0.481 e. The minimum absolute atomic E-state index is 0.0201. The number of ketones is 1. The van der Waals surface area contributed by atoms with Crippen molar-refractivity contribution in [3.05, 3.63) is 42.6 Å². The van der Waals surface area contributed by atoms with E-state index in [1.54, 1.807) is 6.07 Å². The summed E-state index contributed by atoms with van der Waals surface area (Å²) in [5, 5.41) is 17.8. The molecule has 2 aliphatic heterocycles. The highest BCUT2D eigenvalue weighted by molar-refractivity contribution is 7.91. The Labute approximate surface area is 255 Å². The molecular formula is C26H29N7O9S2. The van der Waals surface area contributed by atoms with E-state index in [1.807, 2.05) is 0 Å². The Balaban J connectivity index is 1.57. The first-order valence-electron chi connectivity index (χ1n) is 13.5. The van der Waals surface area contributed by atoms with Gasteiger partial charge in [-0.1, -0.05) is 11.2 Å². The van der Waals surface area contributed by atoms with Crippen molar-refractivity contribution < 1.29 is 46.8 Å². The number of amides is 3. The molecule has 2 aromatic heterocycles. The van der Waals surface area contributed by atoms with Crippen LogP contribution in [0.15, 0.2) is 45.8 Å². The quantitative estimate of drug-likeness (QED) is 0.119. The van der Waals surface area contributed by atoms with Crippen molar-refractivity contribution in [2.45, 2.75) is 60.9 Å². The first-order chi connectivity index (χ1) is 21.0. The summed E-state index contributed by atoms with van der Waals surface area (Å²) in [6.07, 6.45) is 2.83. The maximum Gasteiger partial charge on any atom is 0.325 e. The molecule has 2 aromatic rings. The SMILES string of the molecule is C=CCC(C[C@H](NC(=O)[C@@H]1CCCN2C(=O)CC[C@H](NS(=O)(=O)c3ccc(-c4ccon4)s3)C(=O)N12)C(=O)C=[N+]=[N-])C(=O)O. The predicted octanol–water partition coefficient (Wildman–Crippen LogP) is 0.600. The van der Waals surface area contributed by atoms with Crippen molar-refractivity contribution in [1.82, 2.24) is 25.2 Å². The lowest BCUT2D eigenvalue weighted by molar-refractivity contribution is -0.176. The summed E-state index contributed by atoms with van der Waals surface area (Å²) in [7, 11) is -4.25. The minimum atomic E-state index is -4.25. The van der Waals surface area contributed by atoms with Crippen molar-refractivity contribution in [3.8, 4) is 10.6 Å². The number of carboxylic acid groups (broad SMARTS) is 1. The molecule has 0 saturated carbocycles. The zero-order chi connectivity index (χ0) is 32.0. The Hall–Kier alpha value is -4.51. The highest BCUT2D eigenvalue weighted by Gasteiger charge is 2.46. The molecule has 3 N–H and O–H groups in total. The fourth-order valence-electron chi connectivity index (χ4n) is 5.01. The molecule has 1 unspecified atom stereocenters. The van der Waals surface area contributed by atoms with Crippen LogP contribution in [0, 0.1) is 5.92 Å². The predicted molar refractivity (Wildman–Crippen MR) is 152 cm³/mol. The van der Waals surface area contributed by atoms with Gasteiger partial charge in [0.1, 0.15) is 28.2 Å². The molecule has 3 amide bonds. The Bertz CT molecular complexity index is 1600. The number of fused-ring (bicyclic) bond motifs is 1. The molecule has 234 valence electrons. The largest absolute Gasteiger partial charge is 0.481 e. The fourth-order valence-corrected chi connectivity index (χ4v) is 7.52. The van der Waals surface area contributed by atoms with Crippen LogP contribution >= 0.6 is 11.3 Å². The summed E-state index contributed by atoms with van der Waals surface area (Å²) in [6.45, 7) is 3.60. The van der Waals surface area contributed by atoms with Gasteiger partial charge in [0.05, 0.1) is 16.8 Å². The Morgan fingerprint density at radius 3 is 2.70 bits per heavy atom. The smallest absolute Gasteiger partial charge is 0.325 e. The first kappa shape index (κ1) is 32.4. The normalized spacial score (nSPS) is 20.1. The number of hydrogen-bond donors (Lipinski definition) is 3. The molecule has 18 heteroatoms. The number of carboxylic acids is 1. The van der Waals surface area contributed by atoms with Gasteiger partial charge in [-0.05, 0) is 44.2 Å². The van der Waals surface area contributed by atoms with Gasteiger partial charge >= 0.3 is 12.2 Å². The van der Waals surface area contributed by atoms with Gasteiger partial charge in [-0.2, -0.15) is 9.51 Å². The number of thiophene rings is 1. The van der Waals surface area contributed by atoms with Gasteiger partial charge < -0.3 is 20.5 Å². The van der Waals surface area contributed by atoms with Crippen LogP contribution < -0.4 is 10.0 Å². The lowest BCUT2D eigenvalue weighted by atomic mass is 9.94. The van der Waals surface area contributed by atoms with Gasteiger partial charge in [0, 0.05) is 19.0 Å². The molecule has 2 aliphatic rings. The number of carbonyl (C=O) groups excluding carboxylic acids is 4. The number of allylic oxidation sites excluding steroid dienone is 1. The molecular weight excluding hydrogens is 618 g/mol. The number of nitrogens with one attached hydrogen (secondary N) is 2. The number of Topliss-reactive ketones (excluding diaryl/α,β-unsaturated/α-hetero) is 1. The van der Waals surface area contributed by atoms with E-state index >= 15 is 0 Å². The number of hydrazine groups is 1. The summed E-state index contributed by atoms with van der Waals surface area (Å²) in [4.78, 5) is 67.9. The maximum absolute atomic E-state index is 13.8. The van der Waals surface area contributed by atoms with Gasteiger partial charge in [-0.25, -0.2) is 13.4 Å². The number of sulfonamides is 1. The highest BCUT2D eigenvalue weighted by Crippen LogP contribution is 2.31. The molecule has 4 heterocycles. The molecule has 2 fully saturated rings. The molecule has 4 rings (SSSR count). The van der Waals surface area contributed by atoms with Crippen molar-refractivity contribution >= 4 is 57.0 Å². The van der Waals surface area contributed by atoms with Crippen LogP contribution in [0.4, 0.5) is 0 Å². The van der Waals surface area contributed by atoms with Crippen LogP contribution in [-0.4, -0.2) is 93.8 Å². The van der Waals surface area contributed by atoms with Gasteiger partial charge in [0.2, 0.25) is 11.8 Å². The molecule has 4 atom stereocenters. The molecule has 0 spiro atoms. The molecule has 0 bridgehead atoms. The van der Waals surface area contributed by atoms with E-state index in [1.165, 1.54) is 24.5 Å². The Morgan fingerprint density at radius 1 is 1.27 bits per heavy atom. The van der Waals surface area contributed by atoms with Crippen LogP contribution in [0.25, 0.3) is 16.1 Å². The molecule has 16 nitrogen and oxygen atoms in total. The second-order valence-electron chi connectivity index (χ2n) is 10.1. The summed E-state index contributed by atoms with van der Waals surface area (Å²) >= 11 is 0.897. The van der Waals surface area contributed by atoms with E-state index < -0.39 is 63.5 Å². The molecule has 0 aliphatic carbocycles. The summed E-state index contributed by atoms with van der Waals surface area (Å²) in [6, 6.07) is 0.266. The zero-order valence-corrected chi connectivity index (χ0v) is 24.8. The third-order valence-corrected chi connectivity index (χ3v) is 10.2. The number of aliphatic carboxylic acids is 1. The monoisotopic (exact) mass is 647 g/mol. The van der Waals surface area contributed by atoms with E-state index in [9.17, 15) is 37.5 Å². The zero-order valence-electron chi connectivity index (χ0n) is 23.2. The molecule has 44 heavy (non-hydrogen) atoms. The van der Waals surface area contributed by atoms with Crippen LogP contribution in [0.3, 0.4) is 0 Å². The van der Waals surface area contributed by atoms with Crippen molar-refractivity contribution in [3.63, 3.8) is 0 Å². The Kier molecular flexibility index (Phi) is 10.2. The number of carbonyl (C=O) groups is 5. The molecule has 0 radical (unpaired) electrons. The number of nitrogens with zero attached hydrogens (tertiary/aromatic N) is 5. The topological polar surface area (TPSA) is 233 Å². The van der Waals surface area contributed by atoms with E-state index in [4.69, 9.17) is 10.1 Å². The lowest BCUT2D eigenvalue weighted by Crippen LogP contribution is -2.64.